The number of esters is 1. The lowest BCUT2D eigenvalue weighted by molar-refractivity contribution is -0.144. The molecule has 0 atom stereocenters. The van der Waals surface area contributed by atoms with E-state index in [-0.39, 0.29) is 17.8 Å². The Morgan fingerprint density at radius 1 is 1.50 bits per heavy atom. The van der Waals surface area contributed by atoms with Crippen molar-refractivity contribution in [2.75, 3.05) is 5.75 Å². The molecule has 18 heavy (non-hydrogen) atoms. The minimum atomic E-state index is -0.220. The zero-order chi connectivity index (χ0) is 13.0. The summed E-state index contributed by atoms with van der Waals surface area (Å²) in [6.45, 7) is 3.68. The molecule has 5 nitrogen and oxygen atoms in total. The van der Waals surface area contributed by atoms with Gasteiger partial charge in [0.05, 0.1) is 11.9 Å². The fourth-order valence-corrected chi connectivity index (χ4v) is 2.71. The van der Waals surface area contributed by atoms with Crippen LogP contribution in [0.1, 0.15) is 51.3 Å². The van der Waals surface area contributed by atoms with Crippen molar-refractivity contribution in [3.05, 3.63) is 5.82 Å². The molecule has 6 heteroatoms. The first-order chi connectivity index (χ1) is 8.65. The molecule has 1 aliphatic carbocycles. The van der Waals surface area contributed by atoms with Crippen LogP contribution in [0.15, 0.2) is 5.16 Å². The van der Waals surface area contributed by atoms with Gasteiger partial charge in [-0.25, -0.2) is 4.98 Å². The highest BCUT2D eigenvalue weighted by molar-refractivity contribution is 7.99. The molecule has 0 aliphatic heterocycles. The number of carbonyl (C=O) groups excluding carboxylic acids is 1. The number of nitrogens with one attached hydrogen (secondary N) is 1. The molecule has 0 aromatic carbocycles. The molecule has 1 aromatic heterocycles. The van der Waals surface area contributed by atoms with Crippen LogP contribution in [-0.4, -0.2) is 33.0 Å². The number of aromatic nitrogens is 3. The van der Waals surface area contributed by atoms with Gasteiger partial charge in [0.2, 0.25) is 5.16 Å². The summed E-state index contributed by atoms with van der Waals surface area (Å²) in [7, 11) is 0. The molecule has 0 saturated heterocycles. The Morgan fingerprint density at radius 2 is 2.22 bits per heavy atom. The summed E-state index contributed by atoms with van der Waals surface area (Å²) in [6.07, 6.45) is 4.85. The molecule has 1 fully saturated rings. The van der Waals surface area contributed by atoms with Crippen LogP contribution in [0, 0.1) is 0 Å². The Labute approximate surface area is 111 Å². The van der Waals surface area contributed by atoms with Gasteiger partial charge in [-0.05, 0) is 26.7 Å². The van der Waals surface area contributed by atoms with E-state index in [9.17, 15) is 4.79 Å². The Bertz CT molecular complexity index is 400. The molecular weight excluding hydrogens is 250 g/mol. The van der Waals surface area contributed by atoms with Gasteiger partial charge in [-0.2, -0.15) is 0 Å². The molecule has 0 radical (unpaired) electrons. The van der Waals surface area contributed by atoms with Crippen molar-refractivity contribution >= 4 is 17.7 Å². The van der Waals surface area contributed by atoms with Crippen molar-refractivity contribution in [3.63, 3.8) is 0 Å². The zero-order valence-electron chi connectivity index (χ0n) is 10.8. The van der Waals surface area contributed by atoms with Gasteiger partial charge in [0.15, 0.2) is 0 Å². The second-order valence-corrected chi connectivity index (χ2v) is 5.75. The fraction of sp³-hybridized carbons (Fsp3) is 0.750. The van der Waals surface area contributed by atoms with Crippen LogP contribution < -0.4 is 0 Å². The normalized spacial score (nSPS) is 16.4. The van der Waals surface area contributed by atoms with Gasteiger partial charge in [0.25, 0.3) is 0 Å². The van der Waals surface area contributed by atoms with Crippen LogP contribution in [0.5, 0.6) is 0 Å². The minimum absolute atomic E-state index is 0.0701. The molecule has 0 bridgehead atoms. The highest BCUT2D eigenvalue weighted by atomic mass is 32.2. The standard InChI is InChI=1S/C12H19N3O2S/c1-8(2)17-10(16)7-18-12-13-11(14-15-12)9-5-3-4-6-9/h8-9H,3-7H2,1-2H3,(H,13,14,15). The van der Waals surface area contributed by atoms with Gasteiger partial charge in [-0.1, -0.05) is 24.6 Å². The third kappa shape index (κ3) is 3.73. The Morgan fingerprint density at radius 3 is 2.89 bits per heavy atom. The molecule has 1 heterocycles. The van der Waals surface area contributed by atoms with E-state index in [0.29, 0.717) is 11.1 Å². The SMILES string of the molecule is CC(C)OC(=O)CSc1n[nH]c(C2CCCC2)n1. The molecule has 100 valence electrons. The average molecular weight is 269 g/mol. The van der Waals surface area contributed by atoms with E-state index >= 15 is 0 Å². The van der Waals surface area contributed by atoms with Gasteiger partial charge in [0.1, 0.15) is 5.82 Å². The monoisotopic (exact) mass is 269 g/mol. The Hall–Kier alpha value is -1.04. The number of H-pyrrole nitrogens is 1. The average Bonchev–Trinajstić information content (AvgIpc) is 2.96. The van der Waals surface area contributed by atoms with Crippen LogP contribution in [0.4, 0.5) is 0 Å². The predicted molar refractivity (Wildman–Crippen MR) is 69.5 cm³/mol. The number of nitrogens with zero attached hydrogens (tertiary/aromatic N) is 2. The van der Waals surface area contributed by atoms with E-state index < -0.39 is 0 Å². The van der Waals surface area contributed by atoms with Gasteiger partial charge >= 0.3 is 5.97 Å². The first-order valence-electron chi connectivity index (χ1n) is 6.39. The van der Waals surface area contributed by atoms with Crippen LogP contribution >= 0.6 is 11.8 Å². The zero-order valence-corrected chi connectivity index (χ0v) is 11.6. The summed E-state index contributed by atoms with van der Waals surface area (Å²) in [5.41, 5.74) is 0. The molecule has 0 spiro atoms. The van der Waals surface area contributed by atoms with E-state index in [4.69, 9.17) is 4.74 Å². The molecular formula is C12H19N3O2S. The second kappa shape index (κ2) is 6.22. The first-order valence-corrected chi connectivity index (χ1v) is 7.38. The smallest absolute Gasteiger partial charge is 0.316 e. The third-order valence-electron chi connectivity index (χ3n) is 2.91. The van der Waals surface area contributed by atoms with Crippen molar-refractivity contribution in [2.45, 2.75) is 56.7 Å². The lowest BCUT2D eigenvalue weighted by atomic mass is 10.1. The van der Waals surface area contributed by atoms with E-state index in [1.54, 1.807) is 0 Å². The van der Waals surface area contributed by atoms with E-state index in [1.165, 1.54) is 37.4 Å². The number of hydrogen-bond donors (Lipinski definition) is 1. The summed E-state index contributed by atoms with van der Waals surface area (Å²) in [6, 6.07) is 0. The minimum Gasteiger partial charge on any atom is -0.462 e. The first kappa shape index (κ1) is 13.4. The third-order valence-corrected chi connectivity index (χ3v) is 3.73. The lowest BCUT2D eigenvalue weighted by Gasteiger charge is -2.06. The second-order valence-electron chi connectivity index (χ2n) is 4.81. The van der Waals surface area contributed by atoms with Crippen molar-refractivity contribution in [3.8, 4) is 0 Å². The van der Waals surface area contributed by atoms with Crippen molar-refractivity contribution in [1.29, 1.82) is 0 Å². The molecule has 1 saturated carbocycles. The van der Waals surface area contributed by atoms with Gasteiger partial charge in [0, 0.05) is 5.92 Å². The number of hydrogen-bond acceptors (Lipinski definition) is 5. The summed E-state index contributed by atoms with van der Waals surface area (Å²) >= 11 is 1.32. The van der Waals surface area contributed by atoms with Gasteiger partial charge in [-0.15, -0.1) is 5.10 Å². The highest BCUT2D eigenvalue weighted by Crippen LogP contribution is 2.32. The van der Waals surface area contributed by atoms with Crippen LogP contribution in [-0.2, 0) is 9.53 Å². The number of ether oxygens (including phenoxy) is 1. The maximum atomic E-state index is 11.4. The molecule has 1 aromatic rings. The van der Waals surface area contributed by atoms with Crippen molar-refractivity contribution in [2.24, 2.45) is 0 Å². The number of thioether (sulfide) groups is 1. The molecule has 0 amide bonds. The maximum Gasteiger partial charge on any atom is 0.316 e. The van der Waals surface area contributed by atoms with Crippen molar-refractivity contribution < 1.29 is 9.53 Å². The predicted octanol–water partition coefficient (Wildman–Crippen LogP) is 2.51. The van der Waals surface area contributed by atoms with Gasteiger partial charge in [-0.3, -0.25) is 9.89 Å². The summed E-state index contributed by atoms with van der Waals surface area (Å²) in [4.78, 5) is 15.8. The van der Waals surface area contributed by atoms with E-state index in [0.717, 1.165) is 5.82 Å². The Balaban J connectivity index is 1.81. The highest BCUT2D eigenvalue weighted by Gasteiger charge is 2.20. The molecule has 2 rings (SSSR count). The van der Waals surface area contributed by atoms with Crippen LogP contribution in [0.3, 0.4) is 0 Å². The largest absolute Gasteiger partial charge is 0.462 e. The lowest BCUT2D eigenvalue weighted by Crippen LogP contribution is -2.13. The molecule has 1 N–H and O–H groups in total. The number of rotatable bonds is 5. The topological polar surface area (TPSA) is 67.9 Å². The number of aromatic amines is 1. The van der Waals surface area contributed by atoms with Crippen molar-refractivity contribution in [1.82, 2.24) is 15.2 Å². The van der Waals surface area contributed by atoms with Crippen LogP contribution in [0.25, 0.3) is 0 Å². The maximum absolute atomic E-state index is 11.4. The Kier molecular flexibility index (Phi) is 4.63. The summed E-state index contributed by atoms with van der Waals surface area (Å²) in [5.74, 6) is 1.53. The fourth-order valence-electron chi connectivity index (χ4n) is 2.12. The van der Waals surface area contributed by atoms with E-state index in [1.807, 2.05) is 13.8 Å². The summed E-state index contributed by atoms with van der Waals surface area (Å²) in [5, 5.41) is 7.75. The summed E-state index contributed by atoms with van der Waals surface area (Å²) < 4.78 is 5.05. The van der Waals surface area contributed by atoms with E-state index in [2.05, 4.69) is 15.2 Å². The molecule has 1 aliphatic rings. The molecule has 0 unspecified atom stereocenters. The van der Waals surface area contributed by atoms with Gasteiger partial charge < -0.3 is 4.74 Å². The van der Waals surface area contributed by atoms with Crippen LogP contribution in [0.2, 0.25) is 0 Å². The number of carbonyl (C=O) groups is 1. The quantitative estimate of drug-likeness (QED) is 0.657.